The van der Waals surface area contributed by atoms with E-state index in [1.807, 2.05) is 49.1 Å². The highest BCUT2D eigenvalue weighted by molar-refractivity contribution is 5.98. The van der Waals surface area contributed by atoms with Crippen LogP contribution in [0.15, 0.2) is 36.4 Å². The molecule has 1 saturated carbocycles. The van der Waals surface area contributed by atoms with Crippen LogP contribution >= 0.6 is 0 Å². The van der Waals surface area contributed by atoms with Crippen LogP contribution in [0.3, 0.4) is 0 Å². The van der Waals surface area contributed by atoms with E-state index in [2.05, 4.69) is 14.8 Å². The lowest BCUT2D eigenvalue weighted by Gasteiger charge is -2.36. The average Bonchev–Trinajstić information content (AvgIpc) is 3.11. The van der Waals surface area contributed by atoms with Crippen molar-refractivity contribution < 1.29 is 14.6 Å². The lowest BCUT2D eigenvalue weighted by Crippen LogP contribution is -2.46. The summed E-state index contributed by atoms with van der Waals surface area (Å²) in [6, 6.07) is 11.6. The quantitative estimate of drug-likeness (QED) is 0.637. The molecule has 1 aliphatic heterocycles. The number of aromatic nitrogens is 3. The van der Waals surface area contributed by atoms with E-state index in [1.165, 1.54) is 6.42 Å². The third-order valence-electron chi connectivity index (χ3n) is 6.40. The minimum absolute atomic E-state index is 0.0420. The van der Waals surface area contributed by atoms with Crippen molar-refractivity contribution in [2.75, 3.05) is 45.2 Å². The van der Waals surface area contributed by atoms with Crippen molar-refractivity contribution in [3.8, 4) is 5.69 Å². The van der Waals surface area contributed by atoms with Gasteiger partial charge < -0.3 is 19.6 Å². The topological polar surface area (TPSA) is 83.7 Å². The Morgan fingerprint density at radius 3 is 2.69 bits per heavy atom. The third-order valence-corrected chi connectivity index (χ3v) is 6.40. The lowest BCUT2D eigenvalue weighted by molar-refractivity contribution is 0.0248. The van der Waals surface area contributed by atoms with Crippen molar-refractivity contribution in [2.45, 2.75) is 31.3 Å². The maximum atomic E-state index is 12.0. The molecule has 2 aliphatic rings. The highest BCUT2D eigenvalue weighted by Gasteiger charge is 2.31. The Morgan fingerprint density at radius 2 is 2.03 bits per heavy atom. The fourth-order valence-corrected chi connectivity index (χ4v) is 4.65. The van der Waals surface area contributed by atoms with E-state index < -0.39 is 5.97 Å². The molecule has 8 nitrogen and oxygen atoms in total. The van der Waals surface area contributed by atoms with Gasteiger partial charge in [0.25, 0.3) is 0 Å². The maximum absolute atomic E-state index is 12.0. The molecule has 3 heterocycles. The monoisotopic (exact) mass is 435 g/mol. The Kier molecular flexibility index (Phi) is 5.57. The van der Waals surface area contributed by atoms with E-state index in [0.717, 1.165) is 41.8 Å². The maximum Gasteiger partial charge on any atom is 0.354 e. The Bertz CT molecular complexity index is 1120. The van der Waals surface area contributed by atoms with E-state index in [4.69, 9.17) is 9.84 Å². The van der Waals surface area contributed by atoms with Crippen molar-refractivity contribution in [2.24, 2.45) is 0 Å². The number of fused-ring (bicyclic) bond motifs is 1. The minimum atomic E-state index is -1.03. The van der Waals surface area contributed by atoms with Crippen molar-refractivity contribution in [3.63, 3.8) is 0 Å². The molecule has 0 amide bonds. The summed E-state index contributed by atoms with van der Waals surface area (Å²) in [5, 5.41) is 15.8. The molecule has 1 saturated heterocycles. The molecule has 8 heteroatoms. The molecular formula is C24H29N5O3. The van der Waals surface area contributed by atoms with Crippen LogP contribution in [0.2, 0.25) is 0 Å². The van der Waals surface area contributed by atoms with Gasteiger partial charge >= 0.3 is 5.97 Å². The lowest BCUT2D eigenvalue weighted by atomic mass is 9.82. The summed E-state index contributed by atoms with van der Waals surface area (Å²) in [7, 11) is 4.07. The largest absolute Gasteiger partial charge is 0.477 e. The number of aromatic carboxylic acids is 1. The first-order chi connectivity index (χ1) is 15.5. The first kappa shape index (κ1) is 20.9. The van der Waals surface area contributed by atoms with E-state index in [-0.39, 0.29) is 11.8 Å². The summed E-state index contributed by atoms with van der Waals surface area (Å²) in [5.74, 6) is -0.644. The first-order valence-corrected chi connectivity index (χ1v) is 11.2. The molecule has 1 unspecified atom stereocenters. The molecule has 1 atom stereocenters. The summed E-state index contributed by atoms with van der Waals surface area (Å²) < 4.78 is 7.79. The van der Waals surface area contributed by atoms with Gasteiger partial charge in [-0.05, 0) is 45.1 Å². The van der Waals surface area contributed by atoms with E-state index in [9.17, 15) is 9.90 Å². The standard InChI is InChI=1S/C24H29N5O3/c1-27(2)14-18-15-28(11-12-32-18)20-13-19(24(30)31)25-23-21(20)22(16-7-6-8-16)26-29(23)17-9-4-3-5-10-17/h3-5,9-10,13,16,18H,6-8,11-12,14-15H2,1-2H3,(H,30,31). The molecule has 1 aromatic carbocycles. The average molecular weight is 436 g/mol. The molecule has 168 valence electrons. The summed E-state index contributed by atoms with van der Waals surface area (Å²) in [4.78, 5) is 20.9. The van der Waals surface area contributed by atoms with Crippen LogP contribution in [0.4, 0.5) is 5.69 Å². The van der Waals surface area contributed by atoms with E-state index >= 15 is 0 Å². The van der Waals surface area contributed by atoms with Gasteiger partial charge in [0.1, 0.15) is 0 Å². The van der Waals surface area contributed by atoms with E-state index in [0.29, 0.717) is 31.3 Å². The zero-order valence-corrected chi connectivity index (χ0v) is 18.6. The number of carbonyl (C=O) groups is 1. The number of carboxylic acids is 1. The number of anilines is 1. The Labute approximate surface area is 187 Å². The fourth-order valence-electron chi connectivity index (χ4n) is 4.65. The zero-order valence-electron chi connectivity index (χ0n) is 18.6. The van der Waals surface area contributed by atoms with E-state index in [1.54, 1.807) is 6.07 Å². The van der Waals surface area contributed by atoms with Crippen molar-refractivity contribution >= 4 is 22.7 Å². The molecule has 0 bridgehead atoms. The molecule has 3 aromatic rings. The summed E-state index contributed by atoms with van der Waals surface area (Å²) in [6.45, 7) is 2.84. The molecular weight excluding hydrogens is 406 g/mol. The molecule has 5 rings (SSSR count). The highest BCUT2D eigenvalue weighted by Crippen LogP contribution is 2.42. The fraction of sp³-hybridized carbons (Fsp3) is 0.458. The Hall–Kier alpha value is -2.97. The number of ether oxygens (including phenoxy) is 1. The van der Waals surface area contributed by atoms with Crippen LogP contribution in [0.1, 0.15) is 41.4 Å². The van der Waals surface area contributed by atoms with Crippen LogP contribution in [-0.2, 0) is 4.74 Å². The molecule has 0 radical (unpaired) electrons. The van der Waals surface area contributed by atoms with Gasteiger partial charge in [0.2, 0.25) is 0 Å². The smallest absolute Gasteiger partial charge is 0.354 e. The van der Waals surface area contributed by atoms with Crippen LogP contribution < -0.4 is 4.90 Å². The van der Waals surface area contributed by atoms with Gasteiger partial charge in [-0.3, -0.25) is 0 Å². The molecule has 2 aromatic heterocycles. The number of pyridine rings is 1. The van der Waals surface area contributed by atoms with Gasteiger partial charge in [-0.2, -0.15) is 5.10 Å². The predicted molar refractivity (Wildman–Crippen MR) is 123 cm³/mol. The molecule has 1 N–H and O–H groups in total. The number of carboxylic acid groups (broad SMARTS) is 1. The molecule has 32 heavy (non-hydrogen) atoms. The predicted octanol–water partition coefficient (Wildman–Crippen LogP) is 3.15. The molecule has 0 spiro atoms. The number of rotatable bonds is 6. The van der Waals surface area contributed by atoms with Gasteiger partial charge in [0, 0.05) is 25.6 Å². The molecule has 1 aliphatic carbocycles. The van der Waals surface area contributed by atoms with Gasteiger partial charge in [0.15, 0.2) is 11.3 Å². The van der Waals surface area contributed by atoms with Crippen molar-refractivity contribution in [1.82, 2.24) is 19.7 Å². The minimum Gasteiger partial charge on any atom is -0.477 e. The number of nitrogens with zero attached hydrogens (tertiary/aromatic N) is 5. The molecule has 2 fully saturated rings. The second-order valence-electron chi connectivity index (χ2n) is 8.99. The van der Waals surface area contributed by atoms with Gasteiger partial charge in [0.05, 0.1) is 35.2 Å². The third kappa shape index (κ3) is 3.84. The van der Waals surface area contributed by atoms with Crippen LogP contribution in [0.5, 0.6) is 0 Å². The summed E-state index contributed by atoms with van der Waals surface area (Å²) >= 11 is 0. The zero-order chi connectivity index (χ0) is 22.2. The number of para-hydroxylation sites is 1. The van der Waals surface area contributed by atoms with Crippen LogP contribution in [0, 0.1) is 0 Å². The second kappa shape index (κ2) is 8.52. The Balaban J connectivity index is 1.69. The SMILES string of the molecule is CN(C)CC1CN(c2cc(C(=O)O)nc3c2c(C2CCC2)nn3-c2ccccc2)CCO1. The first-order valence-electron chi connectivity index (χ1n) is 11.2. The number of benzene rings is 1. The highest BCUT2D eigenvalue weighted by atomic mass is 16.5. The second-order valence-corrected chi connectivity index (χ2v) is 8.99. The number of morpholine rings is 1. The summed E-state index contributed by atoms with van der Waals surface area (Å²) in [6.07, 6.45) is 3.47. The van der Waals surface area contributed by atoms with Crippen LogP contribution in [0.25, 0.3) is 16.7 Å². The van der Waals surface area contributed by atoms with Crippen LogP contribution in [-0.4, -0.2) is 77.2 Å². The normalized spacial score (nSPS) is 19.5. The van der Waals surface area contributed by atoms with Crippen molar-refractivity contribution in [1.29, 1.82) is 0 Å². The summed E-state index contributed by atoms with van der Waals surface area (Å²) in [5.41, 5.74) is 3.48. The number of hydrogen-bond donors (Lipinski definition) is 1. The van der Waals surface area contributed by atoms with Gasteiger partial charge in [-0.1, -0.05) is 24.6 Å². The van der Waals surface area contributed by atoms with Gasteiger partial charge in [-0.25, -0.2) is 14.5 Å². The number of hydrogen-bond acceptors (Lipinski definition) is 6. The Morgan fingerprint density at radius 1 is 1.25 bits per heavy atom. The number of likely N-dealkylation sites (N-methyl/N-ethyl adjacent to an activating group) is 1. The van der Waals surface area contributed by atoms with Crippen molar-refractivity contribution in [3.05, 3.63) is 47.8 Å². The van der Waals surface area contributed by atoms with Gasteiger partial charge in [-0.15, -0.1) is 0 Å².